The minimum Gasteiger partial charge on any atom is -0.508 e. The van der Waals surface area contributed by atoms with Gasteiger partial charge in [-0.3, -0.25) is 4.79 Å². The smallest absolute Gasteiger partial charge is 0.321 e. The molecule has 2 N–H and O–H groups in total. The first-order valence-corrected chi connectivity index (χ1v) is 6.39. The maximum absolute atomic E-state index is 12.5. The fraction of sp³-hybridized carbons (Fsp3) is 0.214. The number of hydrogen-bond donors (Lipinski definition) is 2. The van der Waals surface area contributed by atoms with Crippen LogP contribution < -0.4 is 4.90 Å². The highest BCUT2D eigenvalue weighted by molar-refractivity contribution is 6.05. The molecular weight excluding hydrogens is 274 g/mol. The van der Waals surface area contributed by atoms with E-state index in [0.29, 0.717) is 12.2 Å². The van der Waals surface area contributed by atoms with Gasteiger partial charge in [0.05, 0.1) is 5.69 Å². The van der Waals surface area contributed by atoms with Crippen LogP contribution >= 0.6 is 0 Å². The van der Waals surface area contributed by atoms with Crippen LogP contribution in [0.2, 0.25) is 0 Å². The number of nitrogens with one attached hydrogen (secondary N) is 1. The van der Waals surface area contributed by atoms with Crippen LogP contribution in [0, 0.1) is 17.0 Å². The highest BCUT2D eigenvalue weighted by Gasteiger charge is 2.23. The monoisotopic (exact) mass is 289 g/mol. The average Bonchev–Trinajstić information content (AvgIpc) is 2.93. The van der Waals surface area contributed by atoms with Crippen molar-refractivity contribution in [3.05, 3.63) is 51.7 Å². The molecule has 0 aliphatic heterocycles. The van der Waals surface area contributed by atoms with Crippen molar-refractivity contribution in [2.24, 2.45) is 0 Å². The van der Waals surface area contributed by atoms with Crippen LogP contribution in [0.4, 0.5) is 11.5 Å². The number of H-pyrrole nitrogens is 1. The molecule has 1 aromatic carbocycles. The largest absolute Gasteiger partial charge is 0.508 e. The van der Waals surface area contributed by atoms with E-state index < -0.39 is 4.92 Å². The summed E-state index contributed by atoms with van der Waals surface area (Å²) in [5, 5.41) is 20.2. The Balaban J connectivity index is 2.38. The molecule has 7 nitrogen and oxygen atoms in total. The zero-order valence-electron chi connectivity index (χ0n) is 11.7. The number of aromatic amines is 1. The third kappa shape index (κ3) is 2.86. The number of aromatic nitrogens is 1. The van der Waals surface area contributed by atoms with Crippen molar-refractivity contribution in [2.45, 2.75) is 13.8 Å². The van der Waals surface area contributed by atoms with Crippen molar-refractivity contribution < 1.29 is 14.8 Å². The summed E-state index contributed by atoms with van der Waals surface area (Å²) in [4.78, 5) is 26.5. The second-order valence-corrected chi connectivity index (χ2v) is 4.53. The van der Waals surface area contributed by atoms with Gasteiger partial charge in [0, 0.05) is 18.7 Å². The van der Waals surface area contributed by atoms with Gasteiger partial charge in [-0.15, -0.1) is 0 Å². The van der Waals surface area contributed by atoms with Gasteiger partial charge in [0.25, 0.3) is 5.91 Å². The molecule has 21 heavy (non-hydrogen) atoms. The minimum absolute atomic E-state index is 0.0549. The molecule has 0 aliphatic rings. The van der Waals surface area contributed by atoms with Crippen LogP contribution in [0.1, 0.15) is 23.0 Å². The second-order valence-electron chi connectivity index (χ2n) is 4.53. The number of amides is 1. The van der Waals surface area contributed by atoms with Crippen molar-refractivity contribution >= 4 is 17.4 Å². The number of carbonyl (C=O) groups is 1. The number of anilines is 1. The van der Waals surface area contributed by atoms with E-state index in [-0.39, 0.29) is 23.2 Å². The molecule has 1 heterocycles. The fourth-order valence-corrected chi connectivity index (χ4v) is 2.07. The quantitative estimate of drug-likeness (QED) is 0.667. The van der Waals surface area contributed by atoms with E-state index in [1.165, 1.54) is 29.2 Å². The van der Waals surface area contributed by atoms with Crippen LogP contribution in [0.15, 0.2) is 30.3 Å². The number of phenolic OH excluding ortho intramolecular Hbond substituents is 1. The van der Waals surface area contributed by atoms with E-state index in [1.54, 1.807) is 13.0 Å². The van der Waals surface area contributed by atoms with E-state index >= 15 is 0 Å². The Labute approximate surface area is 121 Å². The SMILES string of the molecule is CCN(C(=O)c1ccc([N+](=O)[O-])[nH]1)c1cc(O)ccc1C. The van der Waals surface area contributed by atoms with Crippen molar-refractivity contribution in [3.63, 3.8) is 0 Å². The summed E-state index contributed by atoms with van der Waals surface area (Å²) in [5.41, 5.74) is 1.52. The predicted molar refractivity (Wildman–Crippen MR) is 77.6 cm³/mol. The Bertz CT molecular complexity index is 693. The standard InChI is InChI=1S/C14H15N3O4/c1-3-16(12-8-10(18)5-4-9(12)2)14(19)11-6-7-13(15-11)17(20)21/h4-8,15,18H,3H2,1-2H3. The molecule has 110 valence electrons. The summed E-state index contributed by atoms with van der Waals surface area (Å²) in [5.74, 6) is -0.569. The number of nitrogens with zero attached hydrogens (tertiary/aromatic N) is 2. The Morgan fingerprint density at radius 2 is 2.10 bits per heavy atom. The van der Waals surface area contributed by atoms with Gasteiger partial charge in [-0.25, -0.2) is 4.98 Å². The summed E-state index contributed by atoms with van der Waals surface area (Å²) in [6.45, 7) is 3.98. The zero-order valence-corrected chi connectivity index (χ0v) is 11.7. The molecule has 1 aromatic heterocycles. The number of phenols is 1. The lowest BCUT2D eigenvalue weighted by Crippen LogP contribution is -2.31. The van der Waals surface area contributed by atoms with Gasteiger partial charge in [-0.1, -0.05) is 6.07 Å². The predicted octanol–water partition coefficient (Wildman–Crippen LogP) is 2.60. The zero-order chi connectivity index (χ0) is 15.6. The van der Waals surface area contributed by atoms with E-state index in [0.717, 1.165) is 5.56 Å². The van der Waals surface area contributed by atoms with Crippen LogP contribution in [-0.4, -0.2) is 27.5 Å². The molecule has 0 fully saturated rings. The molecule has 0 saturated heterocycles. The second kappa shape index (κ2) is 5.66. The van der Waals surface area contributed by atoms with E-state index in [1.807, 2.05) is 6.92 Å². The molecule has 0 saturated carbocycles. The maximum Gasteiger partial charge on any atom is 0.321 e. The summed E-state index contributed by atoms with van der Waals surface area (Å²) in [6, 6.07) is 7.36. The number of nitro groups is 1. The van der Waals surface area contributed by atoms with Crippen molar-refractivity contribution in [1.29, 1.82) is 0 Å². The molecule has 0 bridgehead atoms. The number of aryl methyl sites for hydroxylation is 1. The molecule has 0 aliphatic carbocycles. The Hall–Kier alpha value is -2.83. The summed E-state index contributed by atoms with van der Waals surface area (Å²) in [6.07, 6.45) is 0. The topological polar surface area (TPSA) is 99.5 Å². The van der Waals surface area contributed by atoms with Crippen molar-refractivity contribution in [1.82, 2.24) is 4.98 Å². The minimum atomic E-state index is -0.591. The van der Waals surface area contributed by atoms with Crippen molar-refractivity contribution in [3.8, 4) is 5.75 Å². The van der Waals surface area contributed by atoms with Gasteiger partial charge < -0.3 is 20.1 Å². The Morgan fingerprint density at radius 1 is 1.38 bits per heavy atom. The van der Waals surface area contributed by atoms with Crippen LogP contribution in [0.25, 0.3) is 0 Å². The van der Waals surface area contributed by atoms with E-state index in [9.17, 15) is 20.0 Å². The number of hydrogen-bond acceptors (Lipinski definition) is 4. The lowest BCUT2D eigenvalue weighted by molar-refractivity contribution is -0.389. The number of rotatable bonds is 4. The molecule has 0 spiro atoms. The molecule has 0 atom stereocenters. The normalized spacial score (nSPS) is 10.4. The molecule has 7 heteroatoms. The molecule has 0 radical (unpaired) electrons. The lowest BCUT2D eigenvalue weighted by atomic mass is 10.1. The van der Waals surface area contributed by atoms with Crippen molar-refractivity contribution in [2.75, 3.05) is 11.4 Å². The first-order chi connectivity index (χ1) is 9.93. The highest BCUT2D eigenvalue weighted by atomic mass is 16.6. The lowest BCUT2D eigenvalue weighted by Gasteiger charge is -2.21. The Kier molecular flexibility index (Phi) is 3.93. The molecule has 0 unspecified atom stereocenters. The molecule has 2 aromatic rings. The third-order valence-electron chi connectivity index (χ3n) is 3.14. The van der Waals surface area contributed by atoms with Gasteiger partial charge in [-0.2, -0.15) is 0 Å². The van der Waals surface area contributed by atoms with Gasteiger partial charge in [0.1, 0.15) is 5.75 Å². The fourth-order valence-electron chi connectivity index (χ4n) is 2.07. The third-order valence-corrected chi connectivity index (χ3v) is 3.14. The van der Waals surface area contributed by atoms with Crippen LogP contribution in [0.3, 0.4) is 0 Å². The Morgan fingerprint density at radius 3 is 2.67 bits per heavy atom. The van der Waals surface area contributed by atoms with E-state index in [4.69, 9.17) is 0 Å². The van der Waals surface area contributed by atoms with Gasteiger partial charge in [0.15, 0.2) is 5.69 Å². The first kappa shape index (κ1) is 14.6. The molecule has 1 amide bonds. The summed E-state index contributed by atoms with van der Waals surface area (Å²) >= 11 is 0. The number of benzene rings is 1. The highest BCUT2D eigenvalue weighted by Crippen LogP contribution is 2.26. The van der Waals surface area contributed by atoms with Gasteiger partial charge >= 0.3 is 5.82 Å². The summed E-state index contributed by atoms with van der Waals surface area (Å²) in [7, 11) is 0. The van der Waals surface area contributed by atoms with Crippen LogP contribution in [-0.2, 0) is 0 Å². The summed E-state index contributed by atoms with van der Waals surface area (Å²) < 4.78 is 0. The average molecular weight is 289 g/mol. The van der Waals surface area contributed by atoms with Gasteiger partial charge in [0.2, 0.25) is 0 Å². The molecule has 2 rings (SSSR count). The number of carbonyl (C=O) groups excluding carboxylic acids is 1. The van der Waals surface area contributed by atoms with Gasteiger partial charge in [-0.05, 0) is 36.5 Å². The maximum atomic E-state index is 12.5. The van der Waals surface area contributed by atoms with E-state index in [2.05, 4.69) is 4.98 Å². The molecular formula is C14H15N3O4. The first-order valence-electron chi connectivity index (χ1n) is 6.39. The van der Waals surface area contributed by atoms with Crippen LogP contribution in [0.5, 0.6) is 5.75 Å². The number of aromatic hydroxyl groups is 1.